The molecule has 1 aliphatic carbocycles. The summed E-state index contributed by atoms with van der Waals surface area (Å²) in [5.41, 5.74) is -0.749. The smallest absolute Gasteiger partial charge is 0.160 e. The van der Waals surface area contributed by atoms with E-state index in [1.165, 1.54) is 0 Å². The predicted molar refractivity (Wildman–Crippen MR) is 41.2 cm³/mol. The van der Waals surface area contributed by atoms with Gasteiger partial charge in [-0.1, -0.05) is 20.3 Å². The summed E-state index contributed by atoms with van der Waals surface area (Å²) in [5.74, 6) is 0. The normalized spacial score (nSPS) is 55.4. The molecule has 0 aromatic heterocycles. The van der Waals surface area contributed by atoms with Gasteiger partial charge < -0.3 is 4.74 Å². The molecule has 2 heteroatoms. The van der Waals surface area contributed by atoms with Crippen molar-refractivity contribution in [3.63, 3.8) is 0 Å². The summed E-state index contributed by atoms with van der Waals surface area (Å²) in [7, 11) is 0. The molecular weight excluding hydrogens is 143 g/mol. The molecule has 3 atom stereocenters. The fourth-order valence-electron chi connectivity index (χ4n) is 2.29. The van der Waals surface area contributed by atoms with E-state index in [0.29, 0.717) is 13.0 Å². The minimum Gasteiger partial charge on any atom is -0.371 e. The number of ether oxygens (including phenoxy) is 1. The van der Waals surface area contributed by atoms with E-state index in [0.717, 1.165) is 12.8 Å². The minimum absolute atomic E-state index is 0.0764. The van der Waals surface area contributed by atoms with E-state index in [2.05, 4.69) is 13.8 Å². The van der Waals surface area contributed by atoms with Crippen molar-refractivity contribution in [1.82, 2.24) is 0 Å². The van der Waals surface area contributed by atoms with Crippen LogP contribution in [0.3, 0.4) is 0 Å². The van der Waals surface area contributed by atoms with Gasteiger partial charge in [0.25, 0.3) is 0 Å². The van der Waals surface area contributed by atoms with E-state index in [1.807, 2.05) is 0 Å². The van der Waals surface area contributed by atoms with E-state index in [4.69, 9.17) is 4.74 Å². The molecule has 1 nitrogen and oxygen atoms in total. The molecule has 1 saturated carbocycles. The van der Waals surface area contributed by atoms with E-state index in [9.17, 15) is 4.39 Å². The van der Waals surface area contributed by atoms with Crippen LogP contribution in [0.15, 0.2) is 0 Å². The fourth-order valence-corrected chi connectivity index (χ4v) is 2.29. The zero-order chi connectivity index (χ0) is 8.11. The molecule has 3 unspecified atom stereocenters. The van der Waals surface area contributed by atoms with Crippen molar-refractivity contribution in [1.29, 1.82) is 0 Å². The molecule has 1 aliphatic heterocycles. The van der Waals surface area contributed by atoms with Gasteiger partial charge in [0, 0.05) is 0 Å². The second-order valence-electron chi connectivity index (χ2n) is 4.38. The number of halogens is 1. The van der Waals surface area contributed by atoms with Crippen LogP contribution < -0.4 is 0 Å². The molecule has 2 aliphatic rings. The summed E-state index contributed by atoms with van der Waals surface area (Å²) in [6, 6.07) is 0. The second-order valence-corrected chi connectivity index (χ2v) is 4.38. The van der Waals surface area contributed by atoms with E-state index in [1.54, 1.807) is 0 Å². The van der Waals surface area contributed by atoms with Crippen molar-refractivity contribution >= 4 is 0 Å². The van der Waals surface area contributed by atoms with Crippen LogP contribution in [0.2, 0.25) is 0 Å². The van der Waals surface area contributed by atoms with Gasteiger partial charge in [0.1, 0.15) is 0 Å². The Hall–Kier alpha value is -0.110. The molecule has 64 valence electrons. The highest BCUT2D eigenvalue weighted by Gasteiger charge is 2.59. The predicted octanol–water partition coefficient (Wildman–Crippen LogP) is 2.30. The molecule has 0 N–H and O–H groups in total. The third-order valence-electron chi connectivity index (χ3n) is 3.35. The van der Waals surface area contributed by atoms with Crippen LogP contribution in [-0.4, -0.2) is 18.4 Å². The summed E-state index contributed by atoms with van der Waals surface area (Å²) < 4.78 is 18.8. The first-order valence-corrected chi connectivity index (χ1v) is 4.39. The highest BCUT2D eigenvalue weighted by Crippen LogP contribution is 2.54. The number of fused-ring (bicyclic) bond motifs is 1. The van der Waals surface area contributed by atoms with Crippen molar-refractivity contribution in [3.05, 3.63) is 0 Å². The van der Waals surface area contributed by atoms with Gasteiger partial charge in [0.05, 0.1) is 12.7 Å². The van der Waals surface area contributed by atoms with Gasteiger partial charge in [-0.25, -0.2) is 4.39 Å². The average Bonchev–Trinajstić information content (AvgIpc) is 2.13. The highest BCUT2D eigenvalue weighted by atomic mass is 19.1. The average molecular weight is 158 g/mol. The Morgan fingerprint density at radius 2 is 2.36 bits per heavy atom. The Kier molecular flexibility index (Phi) is 1.35. The monoisotopic (exact) mass is 158 g/mol. The lowest BCUT2D eigenvalue weighted by Gasteiger charge is -2.37. The number of hydrogen-bond acceptors (Lipinski definition) is 1. The van der Waals surface area contributed by atoms with Gasteiger partial charge in [0.2, 0.25) is 0 Å². The van der Waals surface area contributed by atoms with Crippen LogP contribution in [-0.2, 0) is 4.74 Å². The van der Waals surface area contributed by atoms with Gasteiger partial charge in [-0.2, -0.15) is 0 Å². The molecule has 0 spiro atoms. The molecule has 0 amide bonds. The van der Waals surface area contributed by atoms with Gasteiger partial charge >= 0.3 is 0 Å². The molecule has 2 fully saturated rings. The van der Waals surface area contributed by atoms with Crippen LogP contribution in [0.5, 0.6) is 0 Å². The summed E-state index contributed by atoms with van der Waals surface area (Å²) in [6.45, 7) is 4.64. The van der Waals surface area contributed by atoms with Crippen molar-refractivity contribution in [2.24, 2.45) is 5.41 Å². The SMILES string of the molecule is CCC1(C)CC2OCC2(F)C1. The topological polar surface area (TPSA) is 9.23 Å². The molecule has 0 radical (unpaired) electrons. The maximum Gasteiger partial charge on any atom is 0.160 e. The lowest BCUT2D eigenvalue weighted by molar-refractivity contribution is -0.177. The summed E-state index contributed by atoms with van der Waals surface area (Å²) in [5, 5.41) is 0. The van der Waals surface area contributed by atoms with Crippen molar-refractivity contribution in [3.8, 4) is 0 Å². The third-order valence-corrected chi connectivity index (χ3v) is 3.35. The van der Waals surface area contributed by atoms with Crippen LogP contribution in [0, 0.1) is 5.41 Å². The van der Waals surface area contributed by atoms with Crippen LogP contribution in [0.4, 0.5) is 4.39 Å². The Balaban J connectivity index is 2.13. The van der Waals surface area contributed by atoms with E-state index < -0.39 is 5.67 Å². The molecule has 11 heavy (non-hydrogen) atoms. The van der Waals surface area contributed by atoms with Crippen molar-refractivity contribution in [2.75, 3.05) is 6.61 Å². The maximum absolute atomic E-state index is 13.6. The second kappa shape index (κ2) is 1.98. The number of alkyl halides is 1. The molecule has 1 heterocycles. The zero-order valence-corrected chi connectivity index (χ0v) is 7.19. The lowest BCUT2D eigenvalue weighted by Crippen LogP contribution is -2.50. The Morgan fingerprint density at radius 3 is 2.64 bits per heavy atom. The van der Waals surface area contributed by atoms with Crippen molar-refractivity contribution in [2.45, 2.75) is 44.9 Å². The summed E-state index contributed by atoms with van der Waals surface area (Å²) in [6.07, 6.45) is 2.62. The van der Waals surface area contributed by atoms with E-state index >= 15 is 0 Å². The molecule has 2 rings (SSSR count). The minimum atomic E-state index is -0.954. The van der Waals surface area contributed by atoms with Gasteiger partial charge in [-0.15, -0.1) is 0 Å². The van der Waals surface area contributed by atoms with Gasteiger partial charge in [0.15, 0.2) is 5.67 Å². The molecule has 0 aromatic carbocycles. The van der Waals surface area contributed by atoms with Crippen LogP contribution >= 0.6 is 0 Å². The lowest BCUT2D eigenvalue weighted by atomic mass is 9.85. The van der Waals surface area contributed by atoms with Gasteiger partial charge in [-0.05, 0) is 18.3 Å². The quantitative estimate of drug-likeness (QED) is 0.569. The van der Waals surface area contributed by atoms with E-state index in [-0.39, 0.29) is 11.5 Å². The Labute approximate surface area is 66.9 Å². The van der Waals surface area contributed by atoms with Crippen LogP contribution in [0.25, 0.3) is 0 Å². The molecular formula is C9H15FO. The Morgan fingerprint density at radius 1 is 1.64 bits per heavy atom. The molecule has 1 saturated heterocycles. The first-order chi connectivity index (χ1) is 5.08. The molecule has 0 aromatic rings. The number of rotatable bonds is 1. The van der Waals surface area contributed by atoms with Crippen LogP contribution in [0.1, 0.15) is 33.1 Å². The maximum atomic E-state index is 13.6. The number of hydrogen-bond donors (Lipinski definition) is 0. The first kappa shape index (κ1) is 7.53. The third kappa shape index (κ3) is 0.919. The standard InChI is InChI=1S/C9H15FO/c1-3-8(2)4-7-9(10,5-8)6-11-7/h7H,3-6H2,1-2H3. The first-order valence-electron chi connectivity index (χ1n) is 4.39. The highest BCUT2D eigenvalue weighted by molar-refractivity contribution is 5.08. The fraction of sp³-hybridized carbons (Fsp3) is 1.00. The summed E-state index contributed by atoms with van der Waals surface area (Å²) >= 11 is 0. The zero-order valence-electron chi connectivity index (χ0n) is 7.19. The van der Waals surface area contributed by atoms with Crippen molar-refractivity contribution < 1.29 is 9.13 Å². The summed E-state index contributed by atoms with van der Waals surface area (Å²) in [4.78, 5) is 0. The van der Waals surface area contributed by atoms with Gasteiger partial charge in [-0.3, -0.25) is 0 Å². The Bertz CT molecular complexity index is 182. The molecule has 0 bridgehead atoms. The largest absolute Gasteiger partial charge is 0.371 e.